The summed E-state index contributed by atoms with van der Waals surface area (Å²) < 4.78 is 60.4. The van der Waals surface area contributed by atoms with Gasteiger partial charge in [0.1, 0.15) is 0 Å². The Kier molecular flexibility index (Phi) is 6.96. The molecule has 0 aliphatic heterocycles. The number of hydrogen-bond donors (Lipinski definition) is 1. The van der Waals surface area contributed by atoms with Crippen LogP contribution in [0.4, 0.5) is 14.5 Å². The molecule has 0 heterocycles. The number of alkyl halides is 2. The lowest BCUT2D eigenvalue weighted by Crippen LogP contribution is -2.23. The summed E-state index contributed by atoms with van der Waals surface area (Å²) >= 11 is 3.16. The molecule has 28 heavy (non-hydrogen) atoms. The molecule has 0 aliphatic carbocycles. The molecule has 152 valence electrons. The summed E-state index contributed by atoms with van der Waals surface area (Å²) in [5.41, 5.74) is 0.233. The number of ether oxygens (including phenoxy) is 2. The van der Waals surface area contributed by atoms with Crippen molar-refractivity contribution >= 4 is 37.5 Å². The second-order valence-corrected chi connectivity index (χ2v) is 8.61. The van der Waals surface area contributed by atoms with Gasteiger partial charge in [0.25, 0.3) is 5.91 Å². The van der Waals surface area contributed by atoms with Crippen LogP contribution in [0.25, 0.3) is 0 Å². The molecule has 7 nitrogen and oxygen atoms in total. The number of nitrogens with one attached hydrogen (secondary N) is 1. The highest BCUT2D eigenvalue weighted by Gasteiger charge is 2.22. The summed E-state index contributed by atoms with van der Waals surface area (Å²) in [6.45, 7) is -3.06. The van der Waals surface area contributed by atoms with Gasteiger partial charge in [0, 0.05) is 35.9 Å². The maximum Gasteiger partial charge on any atom is 0.387 e. The van der Waals surface area contributed by atoms with E-state index in [0.29, 0.717) is 4.47 Å². The molecule has 0 spiro atoms. The van der Waals surface area contributed by atoms with Crippen molar-refractivity contribution in [2.24, 2.45) is 0 Å². The third-order valence-corrected chi connectivity index (χ3v) is 6.40. The molecule has 0 saturated heterocycles. The van der Waals surface area contributed by atoms with E-state index in [1.807, 2.05) is 0 Å². The number of benzene rings is 2. The maximum absolute atomic E-state index is 12.5. The molecular weight excluding hydrogens is 462 g/mol. The number of carbonyl (C=O) groups excluding carboxylic acids is 1. The van der Waals surface area contributed by atoms with Crippen molar-refractivity contribution in [2.45, 2.75) is 11.5 Å². The average molecular weight is 479 g/mol. The van der Waals surface area contributed by atoms with E-state index in [1.54, 1.807) is 0 Å². The van der Waals surface area contributed by atoms with E-state index in [0.717, 1.165) is 4.31 Å². The summed E-state index contributed by atoms with van der Waals surface area (Å²) in [4.78, 5) is 12.4. The van der Waals surface area contributed by atoms with E-state index in [1.165, 1.54) is 57.6 Å². The van der Waals surface area contributed by atoms with Gasteiger partial charge < -0.3 is 14.8 Å². The first-order chi connectivity index (χ1) is 13.1. The Hall–Kier alpha value is -2.24. The molecule has 11 heteroatoms. The highest BCUT2D eigenvalue weighted by molar-refractivity contribution is 9.10. The summed E-state index contributed by atoms with van der Waals surface area (Å²) in [6, 6.07) is 8.05. The van der Waals surface area contributed by atoms with Crippen molar-refractivity contribution in [3.05, 3.63) is 46.4 Å². The molecule has 0 aliphatic rings. The molecular formula is C17H17BrF2N2O5S. The first-order valence-corrected chi connectivity index (χ1v) is 9.96. The summed E-state index contributed by atoms with van der Waals surface area (Å²) in [6.07, 6.45) is 0. The quantitative estimate of drug-likeness (QED) is 0.657. The third-order valence-electron chi connectivity index (χ3n) is 3.59. The highest BCUT2D eigenvalue weighted by atomic mass is 79.9. The molecule has 2 aromatic rings. The van der Waals surface area contributed by atoms with Crippen LogP contribution in [0.2, 0.25) is 0 Å². The minimum absolute atomic E-state index is 0.0655. The van der Waals surface area contributed by atoms with Crippen LogP contribution in [0.15, 0.2) is 45.8 Å². The molecule has 0 saturated carbocycles. The number of rotatable bonds is 7. The summed E-state index contributed by atoms with van der Waals surface area (Å²) in [7, 11) is 0.256. The van der Waals surface area contributed by atoms with E-state index < -0.39 is 22.5 Å². The number of carbonyl (C=O) groups is 1. The van der Waals surface area contributed by atoms with Crippen LogP contribution >= 0.6 is 15.9 Å². The van der Waals surface area contributed by atoms with E-state index >= 15 is 0 Å². The highest BCUT2D eigenvalue weighted by Crippen LogP contribution is 2.32. The molecule has 0 radical (unpaired) electrons. The molecule has 0 unspecified atom stereocenters. The van der Waals surface area contributed by atoms with Crippen molar-refractivity contribution in [1.29, 1.82) is 0 Å². The van der Waals surface area contributed by atoms with Crippen LogP contribution in [0.5, 0.6) is 11.5 Å². The third kappa shape index (κ3) is 4.97. The largest absolute Gasteiger partial charge is 0.493 e. The standard InChI is InChI=1S/C17H17BrF2N2O5S/c1-22(2)28(24,25)15-8-10(4-6-12(15)18)16(23)21-11-5-7-13(26-3)14(9-11)27-17(19)20/h4-9,17H,1-3H3,(H,21,23). The minimum atomic E-state index is -3.78. The zero-order valence-electron chi connectivity index (χ0n) is 15.1. The van der Waals surface area contributed by atoms with Crippen molar-refractivity contribution in [2.75, 3.05) is 26.5 Å². The number of nitrogens with zero attached hydrogens (tertiary/aromatic N) is 1. The lowest BCUT2D eigenvalue weighted by molar-refractivity contribution is -0.0511. The van der Waals surface area contributed by atoms with Crippen LogP contribution in [0.3, 0.4) is 0 Å². The predicted octanol–water partition coefficient (Wildman–Crippen LogP) is 3.56. The Morgan fingerprint density at radius 1 is 1.14 bits per heavy atom. The zero-order valence-corrected chi connectivity index (χ0v) is 17.5. The molecule has 0 bridgehead atoms. The SMILES string of the molecule is COc1ccc(NC(=O)c2ccc(Br)c(S(=O)(=O)N(C)C)c2)cc1OC(F)F. The Morgan fingerprint density at radius 3 is 2.39 bits per heavy atom. The minimum Gasteiger partial charge on any atom is -0.493 e. The molecule has 0 aromatic heterocycles. The lowest BCUT2D eigenvalue weighted by atomic mass is 10.2. The van der Waals surface area contributed by atoms with E-state index in [4.69, 9.17) is 4.74 Å². The molecule has 2 rings (SSSR count). The van der Waals surface area contributed by atoms with Gasteiger partial charge in [-0.1, -0.05) is 0 Å². The Labute approximate surface area is 169 Å². The number of methoxy groups -OCH3 is 1. The van der Waals surface area contributed by atoms with Crippen molar-refractivity contribution in [3.63, 3.8) is 0 Å². The zero-order chi connectivity index (χ0) is 21.1. The summed E-state index contributed by atoms with van der Waals surface area (Å²) in [5.74, 6) is -0.806. The van der Waals surface area contributed by atoms with Crippen LogP contribution in [0.1, 0.15) is 10.4 Å². The molecule has 1 amide bonds. The Bertz CT molecular complexity index is 984. The van der Waals surface area contributed by atoms with Crippen LogP contribution < -0.4 is 14.8 Å². The number of sulfonamides is 1. The predicted molar refractivity (Wildman–Crippen MR) is 103 cm³/mol. The number of amides is 1. The van der Waals surface area contributed by atoms with Crippen molar-refractivity contribution in [1.82, 2.24) is 4.31 Å². The second kappa shape index (κ2) is 8.84. The monoisotopic (exact) mass is 478 g/mol. The fraction of sp³-hybridized carbons (Fsp3) is 0.235. The van der Waals surface area contributed by atoms with Gasteiger partial charge in [0.2, 0.25) is 10.0 Å². The first kappa shape index (κ1) is 22.1. The molecule has 0 fully saturated rings. The molecule has 0 atom stereocenters. The van der Waals surface area contributed by atoms with Gasteiger partial charge in [0.15, 0.2) is 11.5 Å². The average Bonchev–Trinajstić information content (AvgIpc) is 2.61. The lowest BCUT2D eigenvalue weighted by Gasteiger charge is -2.15. The van der Waals surface area contributed by atoms with Gasteiger partial charge in [-0.2, -0.15) is 8.78 Å². The molecule has 2 aromatic carbocycles. The summed E-state index contributed by atoms with van der Waals surface area (Å²) in [5, 5.41) is 2.51. The van der Waals surface area contributed by atoms with Crippen LogP contribution in [0, 0.1) is 0 Å². The van der Waals surface area contributed by atoms with Gasteiger partial charge in [0.05, 0.1) is 12.0 Å². The van der Waals surface area contributed by atoms with Gasteiger partial charge in [-0.05, 0) is 46.3 Å². The topological polar surface area (TPSA) is 84.9 Å². The first-order valence-electron chi connectivity index (χ1n) is 7.72. The van der Waals surface area contributed by atoms with E-state index in [2.05, 4.69) is 26.0 Å². The van der Waals surface area contributed by atoms with Crippen molar-refractivity contribution in [3.8, 4) is 11.5 Å². The Balaban J connectivity index is 2.33. The number of hydrogen-bond acceptors (Lipinski definition) is 5. The van der Waals surface area contributed by atoms with Gasteiger partial charge in [-0.15, -0.1) is 0 Å². The van der Waals surface area contributed by atoms with E-state index in [9.17, 15) is 22.0 Å². The smallest absolute Gasteiger partial charge is 0.387 e. The van der Waals surface area contributed by atoms with Gasteiger partial charge in [-0.25, -0.2) is 12.7 Å². The number of halogens is 3. The van der Waals surface area contributed by atoms with Crippen LogP contribution in [-0.4, -0.2) is 46.4 Å². The van der Waals surface area contributed by atoms with Gasteiger partial charge >= 0.3 is 6.61 Å². The van der Waals surface area contributed by atoms with Gasteiger partial charge in [-0.3, -0.25) is 4.79 Å². The number of anilines is 1. The second-order valence-electron chi connectivity index (χ2n) is 5.63. The normalized spacial score (nSPS) is 11.6. The maximum atomic E-state index is 12.5. The van der Waals surface area contributed by atoms with Crippen LogP contribution in [-0.2, 0) is 10.0 Å². The fourth-order valence-corrected chi connectivity index (χ4v) is 4.03. The van der Waals surface area contributed by atoms with E-state index in [-0.39, 0.29) is 27.6 Å². The fourth-order valence-electron chi connectivity index (χ4n) is 2.18. The molecule has 1 N–H and O–H groups in total. The Morgan fingerprint density at radius 2 is 1.82 bits per heavy atom. The van der Waals surface area contributed by atoms with Crippen molar-refractivity contribution < 1.29 is 31.5 Å².